The van der Waals surface area contributed by atoms with Gasteiger partial charge >= 0.3 is 0 Å². The number of amides is 1. The number of hydrogen-bond donors (Lipinski definition) is 1. The summed E-state index contributed by atoms with van der Waals surface area (Å²) in [7, 11) is 0. The molecule has 0 saturated carbocycles. The molecule has 2 rings (SSSR count). The predicted octanol–water partition coefficient (Wildman–Crippen LogP) is 1.06. The first-order chi connectivity index (χ1) is 8.72. The van der Waals surface area contributed by atoms with Gasteiger partial charge in [-0.2, -0.15) is 0 Å². The molecule has 4 nitrogen and oxygen atoms in total. The molecule has 18 heavy (non-hydrogen) atoms. The molecule has 0 bridgehead atoms. The van der Waals surface area contributed by atoms with Gasteiger partial charge in [0.15, 0.2) is 0 Å². The average Bonchev–Trinajstić information content (AvgIpc) is 2.59. The third-order valence-electron chi connectivity index (χ3n) is 4.54. The van der Waals surface area contributed by atoms with Crippen molar-refractivity contribution in [3.05, 3.63) is 0 Å². The first-order valence-corrected chi connectivity index (χ1v) is 7.44. The Hall–Kier alpha value is -0.610. The van der Waals surface area contributed by atoms with Gasteiger partial charge in [0.25, 0.3) is 0 Å². The molecule has 0 aromatic heterocycles. The van der Waals surface area contributed by atoms with E-state index >= 15 is 0 Å². The molecular formula is C14H27N3O. The molecule has 2 aliphatic rings. The molecule has 2 unspecified atom stereocenters. The van der Waals surface area contributed by atoms with E-state index in [1.54, 1.807) is 0 Å². The zero-order chi connectivity index (χ0) is 13.0. The zero-order valence-corrected chi connectivity index (χ0v) is 11.6. The molecule has 2 saturated heterocycles. The van der Waals surface area contributed by atoms with E-state index < -0.39 is 0 Å². The number of likely N-dealkylation sites (tertiary alicyclic amines) is 2. The maximum atomic E-state index is 12.3. The molecule has 0 aromatic carbocycles. The Kier molecular flexibility index (Phi) is 5.01. The van der Waals surface area contributed by atoms with Gasteiger partial charge in [0.1, 0.15) is 0 Å². The summed E-state index contributed by atoms with van der Waals surface area (Å²) >= 11 is 0. The van der Waals surface area contributed by atoms with Crippen LogP contribution in [0.1, 0.15) is 39.0 Å². The summed E-state index contributed by atoms with van der Waals surface area (Å²) in [5, 5.41) is 0. The highest BCUT2D eigenvalue weighted by molar-refractivity contribution is 5.78. The van der Waals surface area contributed by atoms with Crippen molar-refractivity contribution in [1.82, 2.24) is 9.80 Å². The molecule has 2 aliphatic heterocycles. The first kappa shape index (κ1) is 13.8. The van der Waals surface area contributed by atoms with Crippen LogP contribution >= 0.6 is 0 Å². The number of carbonyl (C=O) groups is 1. The summed E-state index contributed by atoms with van der Waals surface area (Å²) in [6, 6.07) is 0.404. The predicted molar refractivity (Wildman–Crippen MR) is 73.2 cm³/mol. The molecule has 0 aromatic rings. The molecule has 0 spiro atoms. The second kappa shape index (κ2) is 6.53. The fourth-order valence-corrected chi connectivity index (χ4v) is 3.26. The highest BCUT2D eigenvalue weighted by Gasteiger charge is 2.32. The van der Waals surface area contributed by atoms with Crippen molar-refractivity contribution in [3.8, 4) is 0 Å². The van der Waals surface area contributed by atoms with E-state index in [1.165, 1.54) is 32.1 Å². The zero-order valence-electron chi connectivity index (χ0n) is 11.6. The number of hydrogen-bond acceptors (Lipinski definition) is 3. The molecule has 0 aliphatic carbocycles. The fourth-order valence-electron chi connectivity index (χ4n) is 3.26. The van der Waals surface area contributed by atoms with Crippen molar-refractivity contribution in [2.24, 2.45) is 11.7 Å². The van der Waals surface area contributed by atoms with Crippen LogP contribution in [0.2, 0.25) is 0 Å². The van der Waals surface area contributed by atoms with Gasteiger partial charge in [0, 0.05) is 25.7 Å². The lowest BCUT2D eigenvalue weighted by molar-refractivity contribution is -0.132. The van der Waals surface area contributed by atoms with Gasteiger partial charge < -0.3 is 10.6 Å². The lowest BCUT2D eigenvalue weighted by Gasteiger charge is -2.28. The Labute approximate surface area is 110 Å². The molecule has 2 heterocycles. The van der Waals surface area contributed by atoms with Gasteiger partial charge in [-0.25, -0.2) is 0 Å². The quantitative estimate of drug-likeness (QED) is 0.818. The first-order valence-electron chi connectivity index (χ1n) is 7.44. The van der Waals surface area contributed by atoms with Gasteiger partial charge in [-0.3, -0.25) is 9.69 Å². The van der Waals surface area contributed by atoms with Crippen molar-refractivity contribution in [2.45, 2.75) is 45.1 Å². The Morgan fingerprint density at radius 3 is 2.44 bits per heavy atom. The normalized spacial score (nSPS) is 30.4. The maximum absolute atomic E-state index is 12.3. The smallest absolute Gasteiger partial charge is 0.236 e. The van der Waals surface area contributed by atoms with Crippen LogP contribution in [-0.4, -0.2) is 54.5 Å². The van der Waals surface area contributed by atoms with E-state index in [-0.39, 0.29) is 0 Å². The topological polar surface area (TPSA) is 49.6 Å². The van der Waals surface area contributed by atoms with Crippen molar-refractivity contribution < 1.29 is 4.79 Å². The molecule has 104 valence electrons. The van der Waals surface area contributed by atoms with Crippen LogP contribution in [0.15, 0.2) is 0 Å². The van der Waals surface area contributed by atoms with Gasteiger partial charge in [-0.1, -0.05) is 19.8 Å². The van der Waals surface area contributed by atoms with Crippen LogP contribution in [0.25, 0.3) is 0 Å². The molecule has 2 fully saturated rings. The van der Waals surface area contributed by atoms with E-state index in [1.807, 2.05) is 0 Å². The molecular weight excluding hydrogens is 226 g/mol. The minimum Gasteiger partial charge on any atom is -0.342 e. The van der Waals surface area contributed by atoms with Crippen molar-refractivity contribution in [3.63, 3.8) is 0 Å². The molecule has 1 amide bonds. The van der Waals surface area contributed by atoms with Crippen LogP contribution in [0, 0.1) is 5.92 Å². The molecule has 4 heteroatoms. The number of rotatable bonds is 3. The summed E-state index contributed by atoms with van der Waals surface area (Å²) in [6.07, 6.45) is 6.06. The summed E-state index contributed by atoms with van der Waals surface area (Å²) in [5.41, 5.74) is 5.83. The summed E-state index contributed by atoms with van der Waals surface area (Å²) < 4.78 is 0. The molecule has 0 radical (unpaired) electrons. The van der Waals surface area contributed by atoms with Crippen molar-refractivity contribution >= 4 is 5.91 Å². The fraction of sp³-hybridized carbons (Fsp3) is 0.929. The Bertz CT molecular complexity index is 274. The third kappa shape index (κ3) is 3.23. The van der Waals surface area contributed by atoms with Crippen molar-refractivity contribution in [1.29, 1.82) is 0 Å². The van der Waals surface area contributed by atoms with Gasteiger partial charge in [-0.05, 0) is 31.7 Å². The second-order valence-corrected chi connectivity index (χ2v) is 5.83. The van der Waals surface area contributed by atoms with Gasteiger partial charge in [0.2, 0.25) is 5.91 Å². The van der Waals surface area contributed by atoms with Gasteiger partial charge in [0.05, 0.1) is 6.54 Å². The lowest BCUT2D eigenvalue weighted by atomic mass is 10.0. The average molecular weight is 253 g/mol. The number of nitrogens with zero attached hydrogens (tertiary/aromatic N) is 2. The van der Waals surface area contributed by atoms with Crippen LogP contribution < -0.4 is 5.73 Å². The monoisotopic (exact) mass is 253 g/mol. The van der Waals surface area contributed by atoms with E-state index in [2.05, 4.69) is 16.7 Å². The van der Waals surface area contributed by atoms with E-state index in [4.69, 9.17) is 5.73 Å². The van der Waals surface area contributed by atoms with Crippen molar-refractivity contribution in [2.75, 3.05) is 32.7 Å². The minimum atomic E-state index is 0.310. The summed E-state index contributed by atoms with van der Waals surface area (Å²) in [4.78, 5) is 16.7. The van der Waals surface area contributed by atoms with E-state index in [9.17, 15) is 4.79 Å². The Balaban J connectivity index is 1.86. The Morgan fingerprint density at radius 2 is 1.83 bits per heavy atom. The number of nitrogens with two attached hydrogens (primary N) is 1. The lowest BCUT2D eigenvalue weighted by Crippen LogP contribution is -2.45. The largest absolute Gasteiger partial charge is 0.342 e. The van der Waals surface area contributed by atoms with Gasteiger partial charge in [-0.15, -0.1) is 0 Å². The molecule has 2 atom stereocenters. The highest BCUT2D eigenvalue weighted by Crippen LogP contribution is 2.23. The van der Waals surface area contributed by atoms with E-state index in [0.717, 1.165) is 19.6 Å². The maximum Gasteiger partial charge on any atom is 0.236 e. The third-order valence-corrected chi connectivity index (χ3v) is 4.54. The summed E-state index contributed by atoms with van der Waals surface area (Å²) in [6.45, 7) is 6.43. The standard InChI is InChI=1S/C14H27N3O/c1-12-6-9-17(13(12)10-15)11-14(18)16-7-4-2-3-5-8-16/h12-13H,2-11,15H2,1H3. The van der Waals surface area contributed by atoms with Crippen LogP contribution in [0.4, 0.5) is 0 Å². The van der Waals surface area contributed by atoms with E-state index in [0.29, 0.717) is 31.0 Å². The van der Waals surface area contributed by atoms with Crippen LogP contribution in [0.3, 0.4) is 0 Å². The second-order valence-electron chi connectivity index (χ2n) is 5.83. The Morgan fingerprint density at radius 1 is 1.17 bits per heavy atom. The number of carbonyl (C=O) groups excluding carboxylic acids is 1. The SMILES string of the molecule is CC1CCN(CC(=O)N2CCCCCC2)C1CN. The minimum absolute atomic E-state index is 0.310. The van der Waals surface area contributed by atoms with Crippen LogP contribution in [0.5, 0.6) is 0 Å². The van der Waals surface area contributed by atoms with Crippen LogP contribution in [-0.2, 0) is 4.79 Å². The summed E-state index contributed by atoms with van der Waals surface area (Å²) in [5.74, 6) is 0.941. The highest BCUT2D eigenvalue weighted by atomic mass is 16.2. The molecule has 2 N–H and O–H groups in total.